The average Bonchev–Trinajstić information content (AvgIpc) is 3.33. The summed E-state index contributed by atoms with van der Waals surface area (Å²) in [6, 6.07) is 12.5. The molecule has 32 heavy (non-hydrogen) atoms. The fourth-order valence-corrected chi connectivity index (χ4v) is 3.89. The molecule has 0 saturated heterocycles. The molecular weight excluding hydrogens is 396 g/mol. The number of nitrogens with one attached hydrogen (secondary N) is 1. The van der Waals surface area contributed by atoms with Crippen LogP contribution in [-0.2, 0) is 0 Å². The molecule has 1 aliphatic carbocycles. The molecule has 4 rings (SSSR count). The lowest BCUT2D eigenvalue weighted by atomic mass is 9.98. The Labute approximate surface area is 191 Å². The first-order chi connectivity index (χ1) is 15.5. The van der Waals surface area contributed by atoms with Gasteiger partial charge in [0.05, 0.1) is 18.0 Å². The Morgan fingerprint density at radius 2 is 1.91 bits per heavy atom. The quantitative estimate of drug-likeness (QED) is 0.499. The molecular formula is C27H34N4O. The van der Waals surface area contributed by atoms with Crippen molar-refractivity contribution in [1.29, 1.82) is 0 Å². The summed E-state index contributed by atoms with van der Waals surface area (Å²) < 4.78 is 0. The number of hydrogen-bond donors (Lipinski definition) is 2. The SMILES string of the molecule is C=C/C(=C\N(C)C)c1cccc(-c2ccc(-c3cn[nH]c3)c(C)n2)c1.OC1CCCCC1. The van der Waals surface area contributed by atoms with Gasteiger partial charge in [-0.3, -0.25) is 10.1 Å². The number of aromatic amines is 1. The second-order valence-electron chi connectivity index (χ2n) is 8.44. The van der Waals surface area contributed by atoms with E-state index in [0.717, 1.165) is 52.1 Å². The minimum Gasteiger partial charge on any atom is -0.393 e. The molecule has 2 N–H and O–H groups in total. The Hall–Kier alpha value is -3.18. The smallest absolute Gasteiger partial charge is 0.0705 e. The van der Waals surface area contributed by atoms with Crippen molar-refractivity contribution < 1.29 is 5.11 Å². The van der Waals surface area contributed by atoms with Gasteiger partial charge in [0.25, 0.3) is 0 Å². The lowest BCUT2D eigenvalue weighted by Crippen LogP contribution is -2.09. The summed E-state index contributed by atoms with van der Waals surface area (Å²) in [6.45, 7) is 5.95. The number of aliphatic hydroxyl groups excluding tert-OH is 1. The van der Waals surface area contributed by atoms with E-state index < -0.39 is 0 Å². The van der Waals surface area contributed by atoms with Crippen molar-refractivity contribution in [2.45, 2.75) is 45.1 Å². The molecule has 2 aromatic heterocycles. The number of allylic oxidation sites excluding steroid dienone is 2. The Balaban J connectivity index is 0.000000352. The predicted octanol–water partition coefficient (Wildman–Crippen LogP) is 5.85. The summed E-state index contributed by atoms with van der Waals surface area (Å²) in [4.78, 5) is 6.81. The van der Waals surface area contributed by atoms with E-state index >= 15 is 0 Å². The van der Waals surface area contributed by atoms with Crippen LogP contribution in [0.4, 0.5) is 0 Å². The van der Waals surface area contributed by atoms with E-state index in [9.17, 15) is 0 Å². The van der Waals surface area contributed by atoms with Crippen molar-refractivity contribution >= 4 is 5.57 Å². The number of H-pyrrole nitrogens is 1. The number of hydrogen-bond acceptors (Lipinski definition) is 4. The molecule has 0 radical (unpaired) electrons. The van der Waals surface area contributed by atoms with Crippen molar-refractivity contribution in [3.8, 4) is 22.4 Å². The summed E-state index contributed by atoms with van der Waals surface area (Å²) in [6.07, 6.45) is 13.6. The lowest BCUT2D eigenvalue weighted by Gasteiger charge is -2.14. The number of pyridine rings is 1. The molecule has 3 aromatic rings. The van der Waals surface area contributed by atoms with Gasteiger partial charge in [0.1, 0.15) is 0 Å². The average molecular weight is 431 g/mol. The number of nitrogens with zero attached hydrogens (tertiary/aromatic N) is 3. The van der Waals surface area contributed by atoms with E-state index in [0.29, 0.717) is 0 Å². The maximum atomic E-state index is 8.91. The predicted molar refractivity (Wildman–Crippen MR) is 133 cm³/mol. The highest BCUT2D eigenvalue weighted by Crippen LogP contribution is 2.27. The zero-order chi connectivity index (χ0) is 22.9. The summed E-state index contributed by atoms with van der Waals surface area (Å²) in [7, 11) is 4.01. The Kier molecular flexibility index (Phi) is 8.40. The van der Waals surface area contributed by atoms with Crippen LogP contribution in [0.2, 0.25) is 0 Å². The van der Waals surface area contributed by atoms with E-state index in [-0.39, 0.29) is 6.10 Å². The normalized spacial score (nSPS) is 14.4. The third-order valence-electron chi connectivity index (χ3n) is 5.58. The molecule has 168 valence electrons. The second kappa shape index (κ2) is 11.4. The van der Waals surface area contributed by atoms with Crippen LogP contribution in [0.25, 0.3) is 28.0 Å². The molecule has 0 unspecified atom stereocenters. The maximum Gasteiger partial charge on any atom is 0.0705 e. The van der Waals surface area contributed by atoms with Gasteiger partial charge in [-0.25, -0.2) is 0 Å². The van der Waals surface area contributed by atoms with Crippen molar-refractivity contribution in [1.82, 2.24) is 20.1 Å². The fourth-order valence-electron chi connectivity index (χ4n) is 3.89. The van der Waals surface area contributed by atoms with Crippen LogP contribution < -0.4 is 0 Å². The first-order valence-corrected chi connectivity index (χ1v) is 11.2. The third kappa shape index (κ3) is 6.41. The van der Waals surface area contributed by atoms with Gasteiger partial charge >= 0.3 is 0 Å². The number of aliphatic hydroxyl groups is 1. The summed E-state index contributed by atoms with van der Waals surface area (Å²) >= 11 is 0. The van der Waals surface area contributed by atoms with Crippen molar-refractivity contribution in [3.05, 3.63) is 78.9 Å². The zero-order valence-corrected chi connectivity index (χ0v) is 19.4. The number of aryl methyl sites for hydroxylation is 1. The number of benzene rings is 1. The first-order valence-electron chi connectivity index (χ1n) is 11.2. The summed E-state index contributed by atoms with van der Waals surface area (Å²) in [5.41, 5.74) is 7.38. The molecule has 0 aliphatic heterocycles. The van der Waals surface area contributed by atoms with E-state index in [1.54, 1.807) is 0 Å². The molecule has 0 spiro atoms. The monoisotopic (exact) mass is 430 g/mol. The molecule has 5 heteroatoms. The molecule has 0 amide bonds. The van der Waals surface area contributed by atoms with E-state index in [1.165, 1.54) is 19.3 Å². The maximum absolute atomic E-state index is 8.91. The van der Waals surface area contributed by atoms with Crippen LogP contribution in [0, 0.1) is 6.92 Å². The fraction of sp³-hybridized carbons (Fsp3) is 0.333. The van der Waals surface area contributed by atoms with Crippen molar-refractivity contribution in [3.63, 3.8) is 0 Å². The van der Waals surface area contributed by atoms with E-state index in [2.05, 4.69) is 59.4 Å². The molecule has 1 aromatic carbocycles. The van der Waals surface area contributed by atoms with Crippen LogP contribution >= 0.6 is 0 Å². The molecule has 1 fully saturated rings. The molecule has 0 atom stereocenters. The third-order valence-corrected chi connectivity index (χ3v) is 5.58. The minimum absolute atomic E-state index is 0.0359. The van der Waals surface area contributed by atoms with Crippen LogP contribution in [0.1, 0.15) is 43.4 Å². The van der Waals surface area contributed by atoms with Gasteiger partial charge in [-0.2, -0.15) is 5.10 Å². The second-order valence-corrected chi connectivity index (χ2v) is 8.44. The van der Waals surface area contributed by atoms with Gasteiger partial charge in [0, 0.05) is 48.9 Å². The van der Waals surface area contributed by atoms with Gasteiger partial charge in [-0.15, -0.1) is 0 Å². The van der Waals surface area contributed by atoms with E-state index in [1.807, 2.05) is 44.4 Å². The molecule has 2 heterocycles. The van der Waals surface area contributed by atoms with Gasteiger partial charge in [-0.05, 0) is 43.0 Å². The molecule has 1 saturated carbocycles. The summed E-state index contributed by atoms with van der Waals surface area (Å²) in [5.74, 6) is 0. The Bertz CT molecular complexity index is 1030. The van der Waals surface area contributed by atoms with Gasteiger partial charge < -0.3 is 10.0 Å². The minimum atomic E-state index is 0.0359. The van der Waals surface area contributed by atoms with Crippen LogP contribution in [-0.4, -0.2) is 45.4 Å². The highest BCUT2D eigenvalue weighted by atomic mass is 16.3. The van der Waals surface area contributed by atoms with Gasteiger partial charge in [-0.1, -0.05) is 56.2 Å². The van der Waals surface area contributed by atoms with E-state index in [4.69, 9.17) is 10.1 Å². The molecule has 5 nitrogen and oxygen atoms in total. The Morgan fingerprint density at radius 3 is 2.47 bits per heavy atom. The number of rotatable bonds is 5. The standard InChI is InChI=1S/C21H22N4.C6H12O/c1-5-16(14-25(3)4)17-7-6-8-18(11-17)21-10-9-20(15(2)24-21)19-12-22-23-13-19;7-6-4-2-1-3-5-6/h5-14H,1H2,2-4H3,(H,22,23);6-7H,1-5H2/b16-14+;. The lowest BCUT2D eigenvalue weighted by molar-refractivity contribution is 0.130. The van der Waals surface area contributed by atoms with Crippen LogP contribution in [0.3, 0.4) is 0 Å². The van der Waals surface area contributed by atoms with Crippen LogP contribution in [0.15, 0.2) is 67.6 Å². The van der Waals surface area contributed by atoms with Crippen LogP contribution in [0.5, 0.6) is 0 Å². The highest BCUT2D eigenvalue weighted by Gasteiger charge is 2.09. The first kappa shape index (κ1) is 23.5. The number of aromatic nitrogens is 3. The van der Waals surface area contributed by atoms with Crippen molar-refractivity contribution in [2.24, 2.45) is 0 Å². The summed E-state index contributed by atoms with van der Waals surface area (Å²) in [5, 5.41) is 15.8. The van der Waals surface area contributed by atoms with Gasteiger partial charge in [0.15, 0.2) is 0 Å². The molecule has 1 aliphatic rings. The largest absolute Gasteiger partial charge is 0.393 e. The molecule has 0 bridgehead atoms. The zero-order valence-electron chi connectivity index (χ0n) is 19.4. The highest BCUT2D eigenvalue weighted by molar-refractivity contribution is 5.77. The van der Waals surface area contributed by atoms with Crippen molar-refractivity contribution in [2.75, 3.05) is 14.1 Å². The topological polar surface area (TPSA) is 65.0 Å². The van der Waals surface area contributed by atoms with Gasteiger partial charge in [0.2, 0.25) is 0 Å². The Morgan fingerprint density at radius 1 is 1.12 bits per heavy atom.